The quantitative estimate of drug-likeness (QED) is 0.151. The summed E-state index contributed by atoms with van der Waals surface area (Å²) < 4.78 is 69.8. The Morgan fingerprint density at radius 3 is 1.56 bits per heavy atom. The predicted octanol–water partition coefficient (Wildman–Crippen LogP) is 2.65. The number of hydrogen-bond acceptors (Lipinski definition) is 22. The molecule has 2 aliphatic heterocycles. The van der Waals surface area contributed by atoms with Crippen molar-refractivity contribution >= 4 is 59.8 Å². The molecule has 0 spiro atoms. The van der Waals surface area contributed by atoms with Crippen LogP contribution in [0.25, 0.3) is 11.1 Å². The second-order valence-corrected chi connectivity index (χ2v) is 18.9. The number of nitrogens with one attached hydrogen (secondary N) is 2. The molecule has 410 valence electrons. The average molecular weight is 1060 g/mol. The molecule has 0 aromatic heterocycles. The van der Waals surface area contributed by atoms with Gasteiger partial charge in [0.2, 0.25) is 5.91 Å². The van der Waals surface area contributed by atoms with Crippen LogP contribution in [0.4, 0.5) is 4.79 Å². The topological polar surface area (TPSA) is 306 Å². The van der Waals surface area contributed by atoms with Gasteiger partial charge in [0.25, 0.3) is 0 Å². The molecule has 2 fully saturated rings. The molecular weight excluding hydrogens is 993 g/mol. The van der Waals surface area contributed by atoms with Crippen molar-refractivity contribution in [2.24, 2.45) is 5.92 Å². The molecule has 75 heavy (non-hydrogen) atoms. The molecule has 24 nitrogen and oxygen atoms in total. The van der Waals surface area contributed by atoms with Crippen molar-refractivity contribution in [3.05, 3.63) is 59.7 Å². The molecule has 2 heterocycles. The van der Waals surface area contributed by atoms with E-state index in [0.717, 1.165) is 77.6 Å². The molecule has 0 saturated carbocycles. The Morgan fingerprint density at radius 2 is 1.07 bits per heavy atom. The van der Waals surface area contributed by atoms with Crippen LogP contribution in [0.2, 0.25) is 0 Å². The third-order valence-corrected chi connectivity index (χ3v) is 11.7. The molecular formula is C51H64N2O22. The van der Waals surface area contributed by atoms with Crippen LogP contribution in [0.5, 0.6) is 0 Å². The van der Waals surface area contributed by atoms with Gasteiger partial charge in [-0.1, -0.05) is 48.5 Å². The van der Waals surface area contributed by atoms with E-state index in [2.05, 4.69) is 10.6 Å². The van der Waals surface area contributed by atoms with Crippen LogP contribution in [0.1, 0.15) is 93.2 Å². The molecule has 24 heteroatoms. The van der Waals surface area contributed by atoms with Crippen LogP contribution in [-0.4, -0.2) is 159 Å². The summed E-state index contributed by atoms with van der Waals surface area (Å²) in [4.78, 5) is 131. The lowest BCUT2D eigenvalue weighted by Crippen LogP contribution is -2.71. The third-order valence-electron chi connectivity index (χ3n) is 11.7. The van der Waals surface area contributed by atoms with Crippen molar-refractivity contribution in [1.82, 2.24) is 10.6 Å². The number of carbonyl (C=O) groups is 10. The summed E-state index contributed by atoms with van der Waals surface area (Å²) >= 11 is 0. The number of carbonyl (C=O) groups excluding carboxylic acids is 10. The average Bonchev–Trinajstić information content (AvgIpc) is 3.61. The van der Waals surface area contributed by atoms with Crippen LogP contribution < -0.4 is 10.6 Å². The number of hydrogen-bond donors (Lipinski definition) is 2. The molecule has 2 aromatic rings. The summed E-state index contributed by atoms with van der Waals surface area (Å²) in [6, 6.07) is 11.9. The maximum absolute atomic E-state index is 14.0. The minimum absolute atomic E-state index is 0.147. The Hall–Kier alpha value is -7.18. The lowest BCUT2D eigenvalue weighted by molar-refractivity contribution is -0.301. The van der Waals surface area contributed by atoms with Gasteiger partial charge in [0, 0.05) is 61.3 Å². The molecule has 2 saturated heterocycles. The van der Waals surface area contributed by atoms with Crippen molar-refractivity contribution in [2.45, 2.75) is 155 Å². The summed E-state index contributed by atoms with van der Waals surface area (Å²) in [5.74, 6) is -10.6. The first-order chi connectivity index (χ1) is 35.2. The van der Waals surface area contributed by atoms with Gasteiger partial charge in [-0.2, -0.15) is 0 Å². The van der Waals surface area contributed by atoms with E-state index in [1.165, 1.54) is 0 Å². The highest BCUT2D eigenvalue weighted by Crippen LogP contribution is 2.45. The molecule has 3 aliphatic rings. The molecule has 0 unspecified atom stereocenters. The minimum Gasteiger partial charge on any atom is -0.463 e. The Balaban J connectivity index is 1.61. The van der Waals surface area contributed by atoms with Crippen molar-refractivity contribution < 1.29 is 105 Å². The number of amides is 2. The van der Waals surface area contributed by atoms with Crippen molar-refractivity contribution in [3.63, 3.8) is 0 Å². The van der Waals surface area contributed by atoms with E-state index >= 15 is 0 Å². The van der Waals surface area contributed by atoms with Crippen LogP contribution >= 0.6 is 0 Å². The fourth-order valence-electron chi connectivity index (χ4n) is 9.18. The summed E-state index contributed by atoms with van der Waals surface area (Å²) in [5.41, 5.74) is 2.65. The van der Waals surface area contributed by atoms with Crippen LogP contribution in [-0.2, 0) is 100.0 Å². The molecule has 2 aromatic carbocycles. The van der Waals surface area contributed by atoms with Crippen LogP contribution in [0, 0.1) is 5.92 Å². The smallest absolute Gasteiger partial charge is 0.407 e. The van der Waals surface area contributed by atoms with Gasteiger partial charge >= 0.3 is 53.8 Å². The second kappa shape index (κ2) is 25.9. The van der Waals surface area contributed by atoms with Gasteiger partial charge in [-0.25, -0.2) is 9.59 Å². The largest absolute Gasteiger partial charge is 0.463 e. The van der Waals surface area contributed by atoms with E-state index in [0.29, 0.717) is 0 Å². The van der Waals surface area contributed by atoms with Gasteiger partial charge in [-0.15, -0.1) is 0 Å². The van der Waals surface area contributed by atoms with Gasteiger partial charge in [-0.05, 0) is 43.0 Å². The molecule has 0 radical (unpaired) electrons. The normalized spacial score (nSPS) is 24.7. The van der Waals surface area contributed by atoms with E-state index in [1.807, 2.05) is 48.5 Å². The number of rotatable bonds is 19. The lowest BCUT2D eigenvalue weighted by atomic mass is 9.77. The Kier molecular flexibility index (Phi) is 20.2. The van der Waals surface area contributed by atoms with Crippen LogP contribution in [0.3, 0.4) is 0 Å². The zero-order valence-electron chi connectivity index (χ0n) is 43.4. The molecule has 12 atom stereocenters. The van der Waals surface area contributed by atoms with Gasteiger partial charge in [-0.3, -0.25) is 38.4 Å². The zero-order chi connectivity index (χ0) is 55.5. The van der Waals surface area contributed by atoms with E-state index in [4.69, 9.17) is 56.8 Å². The molecule has 2 amide bonds. The number of esters is 8. The lowest BCUT2D eigenvalue weighted by Gasteiger charge is -2.52. The van der Waals surface area contributed by atoms with E-state index < -0.39 is 158 Å². The first-order valence-electron chi connectivity index (χ1n) is 23.9. The van der Waals surface area contributed by atoms with Crippen molar-refractivity contribution in [1.29, 1.82) is 0 Å². The van der Waals surface area contributed by atoms with Crippen molar-refractivity contribution in [3.8, 4) is 11.1 Å². The number of ether oxygens (including phenoxy) is 12. The monoisotopic (exact) mass is 1060 g/mol. The fraction of sp³-hybridized carbons (Fsp3) is 0.569. The zero-order valence-corrected chi connectivity index (χ0v) is 43.4. The Labute approximate surface area is 432 Å². The highest BCUT2D eigenvalue weighted by molar-refractivity contribution is 5.82. The predicted molar refractivity (Wildman–Crippen MR) is 253 cm³/mol. The number of benzene rings is 2. The Morgan fingerprint density at radius 1 is 0.573 bits per heavy atom. The van der Waals surface area contributed by atoms with Gasteiger partial charge < -0.3 is 67.5 Å². The highest BCUT2D eigenvalue weighted by atomic mass is 16.7. The minimum atomic E-state index is -1.96. The molecule has 0 bridgehead atoms. The Bertz CT molecular complexity index is 2410. The molecule has 2 N–H and O–H groups in total. The highest BCUT2D eigenvalue weighted by Gasteiger charge is 2.61. The number of fused-ring (bicyclic) bond motifs is 3. The fourth-order valence-corrected chi connectivity index (χ4v) is 9.18. The van der Waals surface area contributed by atoms with E-state index in [9.17, 15) is 47.9 Å². The summed E-state index contributed by atoms with van der Waals surface area (Å²) in [7, 11) is 0. The van der Waals surface area contributed by atoms with Gasteiger partial charge in [0.15, 0.2) is 30.6 Å². The van der Waals surface area contributed by atoms with Crippen molar-refractivity contribution in [2.75, 3.05) is 26.4 Å². The summed E-state index contributed by atoms with van der Waals surface area (Å²) in [5, 5.41) is 5.15. The number of alkyl carbamates (subject to hydrolysis) is 1. The van der Waals surface area contributed by atoms with E-state index in [1.54, 1.807) is 20.8 Å². The summed E-state index contributed by atoms with van der Waals surface area (Å²) in [6.45, 7) is 10.5. The maximum atomic E-state index is 14.0. The second-order valence-electron chi connectivity index (χ2n) is 18.9. The summed E-state index contributed by atoms with van der Waals surface area (Å²) in [6.07, 6.45) is -17.1. The standard InChI is InChI=1S/C51H64N2O22/c1-24(54)52-41-40(44(70-29(6)59)46-47(72-31(8)61)45(71-30(7)60)43(69-28(5)58)39(73-46)23-65-26(3)56)42(68-27(4)57)38(22-64-25(2)55)74-49(41)66-21-37(48(62)75-51(9,10)11)53-50(63)67-20-36-34-18-14-12-16-32(34)33-17-13-15-19-35(33)36/h12-19,36-47,49H,20-23H2,1-11H3,(H,52,54)(H,53,63)/t37-,38+,39+,40+,41+,42-,43-,44+,45-,46-,47+,49-/m0/s1. The van der Waals surface area contributed by atoms with Gasteiger partial charge in [0.05, 0.1) is 18.6 Å². The maximum Gasteiger partial charge on any atom is 0.407 e. The van der Waals surface area contributed by atoms with Crippen LogP contribution in [0.15, 0.2) is 48.5 Å². The SMILES string of the molecule is CC(=O)N[C@H]1[C@@H](OC[C@H](NC(=O)OCC2c3ccccc3-c3ccccc32)C(=O)OC(C)(C)C)O[C@H](COC(C)=O)[C@H](OC(C)=O)[C@@H]1[C@@H](OC(C)=O)[C@@H]1O[C@H](COC(C)=O)[C@H](OC(C)=O)[C@H](OC(C)=O)[C@H]1OC(C)=O. The van der Waals surface area contributed by atoms with E-state index in [-0.39, 0.29) is 12.5 Å². The third kappa shape index (κ3) is 16.2. The van der Waals surface area contributed by atoms with Gasteiger partial charge in [0.1, 0.15) is 55.9 Å². The molecule has 1 aliphatic carbocycles. The first kappa shape index (κ1) is 58.7. The molecule has 5 rings (SSSR count). The first-order valence-corrected chi connectivity index (χ1v) is 23.9.